The van der Waals surface area contributed by atoms with Gasteiger partial charge in [-0.2, -0.15) is 0 Å². The van der Waals surface area contributed by atoms with Crippen molar-refractivity contribution < 1.29 is 9.53 Å². The molecule has 1 atom stereocenters. The number of amides is 1. The quantitative estimate of drug-likeness (QED) is 0.834. The van der Waals surface area contributed by atoms with Gasteiger partial charge < -0.3 is 20.3 Å². The summed E-state index contributed by atoms with van der Waals surface area (Å²) in [6, 6.07) is 10.3. The lowest BCUT2D eigenvalue weighted by atomic mass is 9.97. The van der Waals surface area contributed by atoms with E-state index in [2.05, 4.69) is 4.90 Å². The van der Waals surface area contributed by atoms with Crippen LogP contribution in [0.15, 0.2) is 30.3 Å². The van der Waals surface area contributed by atoms with E-state index in [0.29, 0.717) is 25.1 Å². The summed E-state index contributed by atoms with van der Waals surface area (Å²) < 4.78 is 5.56. The highest BCUT2D eigenvalue weighted by molar-refractivity contribution is 5.68. The van der Waals surface area contributed by atoms with Crippen molar-refractivity contribution in [3.8, 4) is 0 Å². The van der Waals surface area contributed by atoms with Crippen LogP contribution in [-0.2, 0) is 11.3 Å². The van der Waals surface area contributed by atoms with Crippen molar-refractivity contribution in [2.45, 2.75) is 38.3 Å². The summed E-state index contributed by atoms with van der Waals surface area (Å²) in [5, 5.41) is 0. The fourth-order valence-corrected chi connectivity index (χ4v) is 3.53. The normalized spacial score (nSPS) is 21.5. The standard InChI is InChI=1S/C19H29N3O2/c20-10-12-21-11-4-7-17(13-21)14-22(18-8-9-18)19(23)24-15-16-5-2-1-3-6-16/h1-3,5-6,17-18H,4,7-15,20H2/t17-/m0/s1. The first-order chi connectivity index (χ1) is 11.8. The minimum absolute atomic E-state index is 0.155. The molecule has 3 rings (SSSR count). The van der Waals surface area contributed by atoms with Gasteiger partial charge in [-0.15, -0.1) is 0 Å². The number of likely N-dealkylation sites (tertiary alicyclic amines) is 1. The average Bonchev–Trinajstić information content (AvgIpc) is 3.44. The van der Waals surface area contributed by atoms with Crippen LogP contribution in [0.5, 0.6) is 0 Å². The van der Waals surface area contributed by atoms with Gasteiger partial charge in [-0.3, -0.25) is 0 Å². The number of nitrogens with zero attached hydrogens (tertiary/aromatic N) is 2. The highest BCUT2D eigenvalue weighted by Gasteiger charge is 2.35. The molecule has 1 saturated carbocycles. The Labute approximate surface area is 144 Å². The number of carbonyl (C=O) groups excluding carboxylic acids is 1. The first-order valence-corrected chi connectivity index (χ1v) is 9.16. The predicted octanol–water partition coefficient (Wildman–Crippen LogP) is 2.46. The van der Waals surface area contributed by atoms with E-state index in [4.69, 9.17) is 10.5 Å². The van der Waals surface area contributed by atoms with Crippen LogP contribution in [0.1, 0.15) is 31.2 Å². The van der Waals surface area contributed by atoms with Gasteiger partial charge >= 0.3 is 6.09 Å². The second-order valence-electron chi connectivity index (χ2n) is 7.02. The molecule has 5 heteroatoms. The number of piperidine rings is 1. The van der Waals surface area contributed by atoms with E-state index in [0.717, 1.165) is 44.6 Å². The molecule has 5 nitrogen and oxygen atoms in total. The number of rotatable bonds is 7. The smallest absolute Gasteiger partial charge is 0.410 e. The molecule has 2 fully saturated rings. The highest BCUT2D eigenvalue weighted by Crippen LogP contribution is 2.30. The average molecular weight is 331 g/mol. The van der Waals surface area contributed by atoms with Crippen LogP contribution in [0.2, 0.25) is 0 Å². The molecule has 1 aromatic carbocycles. The van der Waals surface area contributed by atoms with Gasteiger partial charge in [0.2, 0.25) is 0 Å². The zero-order chi connectivity index (χ0) is 16.8. The number of carbonyl (C=O) groups is 1. The summed E-state index contributed by atoms with van der Waals surface area (Å²) >= 11 is 0. The van der Waals surface area contributed by atoms with E-state index in [-0.39, 0.29) is 6.09 Å². The molecule has 2 aliphatic rings. The van der Waals surface area contributed by atoms with Gasteiger partial charge in [0.05, 0.1) is 0 Å². The zero-order valence-corrected chi connectivity index (χ0v) is 14.4. The molecular weight excluding hydrogens is 302 g/mol. The molecule has 132 valence electrons. The first kappa shape index (κ1) is 17.2. The minimum Gasteiger partial charge on any atom is -0.445 e. The zero-order valence-electron chi connectivity index (χ0n) is 14.4. The summed E-state index contributed by atoms with van der Waals surface area (Å²) in [6.07, 6.45) is 4.45. The topological polar surface area (TPSA) is 58.8 Å². The monoisotopic (exact) mass is 331 g/mol. The third kappa shape index (κ3) is 4.95. The third-order valence-electron chi connectivity index (χ3n) is 4.93. The molecule has 0 radical (unpaired) electrons. The van der Waals surface area contributed by atoms with E-state index in [1.807, 2.05) is 35.2 Å². The summed E-state index contributed by atoms with van der Waals surface area (Å²) in [4.78, 5) is 16.9. The van der Waals surface area contributed by atoms with Crippen molar-refractivity contribution in [2.75, 3.05) is 32.7 Å². The summed E-state index contributed by atoms with van der Waals surface area (Å²) in [5.41, 5.74) is 6.72. The van der Waals surface area contributed by atoms with Gasteiger partial charge in [0.15, 0.2) is 0 Å². The maximum Gasteiger partial charge on any atom is 0.410 e. The Hall–Kier alpha value is -1.59. The van der Waals surface area contributed by atoms with Crippen LogP contribution >= 0.6 is 0 Å². The molecule has 0 aromatic heterocycles. The Balaban J connectivity index is 1.51. The number of benzene rings is 1. The molecule has 1 aliphatic heterocycles. The van der Waals surface area contributed by atoms with Gasteiger partial charge in [-0.05, 0) is 43.7 Å². The molecule has 1 aliphatic carbocycles. The molecule has 2 N–H and O–H groups in total. The summed E-state index contributed by atoms with van der Waals surface area (Å²) in [7, 11) is 0. The second kappa shape index (κ2) is 8.49. The maximum atomic E-state index is 12.5. The Morgan fingerprint density at radius 1 is 1.25 bits per heavy atom. The van der Waals surface area contributed by atoms with Gasteiger partial charge in [0.25, 0.3) is 0 Å². The van der Waals surface area contributed by atoms with Crippen LogP contribution in [0.25, 0.3) is 0 Å². The van der Waals surface area contributed by atoms with Crippen LogP contribution in [-0.4, -0.2) is 54.7 Å². The van der Waals surface area contributed by atoms with E-state index in [1.54, 1.807) is 0 Å². The molecular formula is C19H29N3O2. The largest absolute Gasteiger partial charge is 0.445 e. The molecule has 0 spiro atoms. The summed E-state index contributed by atoms with van der Waals surface area (Å²) in [6.45, 7) is 5.02. The molecule has 1 amide bonds. The van der Waals surface area contributed by atoms with Crippen LogP contribution in [0.4, 0.5) is 4.79 Å². The molecule has 1 heterocycles. The number of nitrogens with two attached hydrogens (primary N) is 1. The van der Waals surface area contributed by atoms with E-state index in [1.165, 1.54) is 12.8 Å². The van der Waals surface area contributed by atoms with Crippen molar-refractivity contribution in [1.82, 2.24) is 9.80 Å². The number of ether oxygens (including phenoxy) is 1. The number of hydrogen-bond acceptors (Lipinski definition) is 4. The minimum atomic E-state index is -0.155. The van der Waals surface area contributed by atoms with Crippen molar-refractivity contribution in [3.05, 3.63) is 35.9 Å². The molecule has 0 unspecified atom stereocenters. The van der Waals surface area contributed by atoms with Gasteiger partial charge in [-0.25, -0.2) is 4.79 Å². The Bertz CT molecular complexity index is 517. The van der Waals surface area contributed by atoms with E-state index < -0.39 is 0 Å². The number of hydrogen-bond donors (Lipinski definition) is 1. The summed E-state index contributed by atoms with van der Waals surface area (Å²) in [5.74, 6) is 0.537. The SMILES string of the molecule is NCCN1CCC[C@H](CN(C(=O)OCc2ccccc2)C2CC2)C1. The Kier molecular flexibility index (Phi) is 6.10. The fraction of sp³-hybridized carbons (Fsp3) is 0.632. The van der Waals surface area contributed by atoms with Gasteiger partial charge in [0, 0.05) is 32.2 Å². The molecule has 24 heavy (non-hydrogen) atoms. The molecule has 1 aromatic rings. The van der Waals surface area contributed by atoms with E-state index >= 15 is 0 Å². The predicted molar refractivity (Wildman–Crippen MR) is 94.6 cm³/mol. The van der Waals surface area contributed by atoms with Crippen molar-refractivity contribution in [2.24, 2.45) is 11.7 Å². The lowest BCUT2D eigenvalue weighted by molar-refractivity contribution is 0.0764. The van der Waals surface area contributed by atoms with Crippen molar-refractivity contribution in [1.29, 1.82) is 0 Å². The van der Waals surface area contributed by atoms with Crippen molar-refractivity contribution in [3.63, 3.8) is 0 Å². The van der Waals surface area contributed by atoms with Gasteiger partial charge in [0.1, 0.15) is 6.61 Å². The van der Waals surface area contributed by atoms with Crippen LogP contribution in [0.3, 0.4) is 0 Å². The molecule has 0 bridgehead atoms. The van der Waals surface area contributed by atoms with Crippen LogP contribution in [0, 0.1) is 5.92 Å². The van der Waals surface area contributed by atoms with Crippen LogP contribution < -0.4 is 5.73 Å². The third-order valence-corrected chi connectivity index (χ3v) is 4.93. The fourth-order valence-electron chi connectivity index (χ4n) is 3.53. The van der Waals surface area contributed by atoms with E-state index in [9.17, 15) is 4.79 Å². The van der Waals surface area contributed by atoms with Gasteiger partial charge in [-0.1, -0.05) is 30.3 Å². The maximum absolute atomic E-state index is 12.5. The van der Waals surface area contributed by atoms with Crippen molar-refractivity contribution >= 4 is 6.09 Å². The Morgan fingerprint density at radius 2 is 2.04 bits per heavy atom. The highest BCUT2D eigenvalue weighted by atomic mass is 16.6. The second-order valence-corrected chi connectivity index (χ2v) is 7.02. The lowest BCUT2D eigenvalue weighted by Gasteiger charge is -2.35. The first-order valence-electron chi connectivity index (χ1n) is 9.16. The lowest BCUT2D eigenvalue weighted by Crippen LogP contribution is -2.45. The molecule has 1 saturated heterocycles. The Morgan fingerprint density at radius 3 is 2.75 bits per heavy atom.